The molecule has 0 bridgehead atoms. The minimum absolute atomic E-state index is 0.0948. The number of rotatable bonds is 7. The van der Waals surface area contributed by atoms with Gasteiger partial charge in [-0.2, -0.15) is 5.10 Å². The van der Waals surface area contributed by atoms with Crippen LogP contribution < -0.4 is 9.73 Å². The molecule has 1 amide bonds. The highest BCUT2D eigenvalue weighted by molar-refractivity contribution is 9.10. The van der Waals surface area contributed by atoms with Crippen molar-refractivity contribution in [2.45, 2.75) is 4.90 Å². The first kappa shape index (κ1) is 22.2. The van der Waals surface area contributed by atoms with Crippen molar-refractivity contribution < 1.29 is 13.2 Å². The molecule has 6 nitrogen and oxygen atoms in total. The van der Waals surface area contributed by atoms with Gasteiger partial charge in [0.25, 0.3) is 15.9 Å². The first-order chi connectivity index (χ1) is 14.4. The Morgan fingerprint density at radius 1 is 0.933 bits per heavy atom. The number of hydrogen-bond acceptors (Lipinski definition) is 4. The Balaban J connectivity index is 1.83. The standard InChI is InChI=1S/C21H17Br2N3O3S/c22-17-10-12-18(13-11-17)26(30(28,29)19-7-2-1-3-8-19)15-21(27)25-24-14-16-6-4-5-9-20(16)23/h1-14H,15H2,(H,25,27)/b24-14+. The van der Waals surface area contributed by atoms with Crippen molar-refractivity contribution in [1.29, 1.82) is 0 Å². The molecule has 0 saturated carbocycles. The van der Waals surface area contributed by atoms with Crippen molar-refractivity contribution in [3.63, 3.8) is 0 Å². The first-order valence-electron chi connectivity index (χ1n) is 8.78. The van der Waals surface area contributed by atoms with Gasteiger partial charge in [0.15, 0.2) is 0 Å². The number of nitrogens with zero attached hydrogens (tertiary/aromatic N) is 2. The number of carbonyl (C=O) groups excluding carboxylic acids is 1. The fourth-order valence-electron chi connectivity index (χ4n) is 2.56. The molecule has 1 N–H and O–H groups in total. The maximum Gasteiger partial charge on any atom is 0.264 e. The quantitative estimate of drug-likeness (QED) is 0.346. The molecular formula is C21H17Br2N3O3S. The van der Waals surface area contributed by atoms with Crippen LogP contribution in [0.1, 0.15) is 5.56 Å². The van der Waals surface area contributed by atoms with E-state index in [1.807, 2.05) is 24.3 Å². The molecule has 0 radical (unpaired) electrons. The van der Waals surface area contributed by atoms with Crippen molar-refractivity contribution in [1.82, 2.24) is 5.43 Å². The lowest BCUT2D eigenvalue weighted by atomic mass is 10.2. The summed E-state index contributed by atoms with van der Waals surface area (Å²) in [4.78, 5) is 12.6. The summed E-state index contributed by atoms with van der Waals surface area (Å²) in [7, 11) is -3.95. The number of anilines is 1. The third-order valence-electron chi connectivity index (χ3n) is 4.03. The molecule has 0 aromatic heterocycles. The SMILES string of the molecule is O=C(CN(c1ccc(Br)cc1)S(=O)(=O)c1ccccc1)N/N=C/c1ccccc1Br. The number of sulfonamides is 1. The topological polar surface area (TPSA) is 78.8 Å². The summed E-state index contributed by atoms with van der Waals surface area (Å²) in [5, 5.41) is 3.93. The summed E-state index contributed by atoms with van der Waals surface area (Å²) in [6.07, 6.45) is 1.48. The van der Waals surface area contributed by atoms with Crippen LogP contribution in [0.2, 0.25) is 0 Å². The van der Waals surface area contributed by atoms with E-state index in [0.717, 1.165) is 18.8 Å². The molecule has 0 spiro atoms. The highest BCUT2D eigenvalue weighted by Gasteiger charge is 2.27. The molecular weight excluding hydrogens is 534 g/mol. The molecule has 3 aromatic rings. The molecule has 154 valence electrons. The van der Waals surface area contributed by atoms with Gasteiger partial charge in [0.2, 0.25) is 0 Å². The second-order valence-electron chi connectivity index (χ2n) is 6.12. The number of halogens is 2. The average Bonchev–Trinajstić information content (AvgIpc) is 2.75. The zero-order valence-electron chi connectivity index (χ0n) is 15.6. The number of hydrazone groups is 1. The van der Waals surface area contributed by atoms with Gasteiger partial charge in [0.05, 0.1) is 16.8 Å². The second-order valence-corrected chi connectivity index (χ2v) is 9.75. The van der Waals surface area contributed by atoms with E-state index in [9.17, 15) is 13.2 Å². The van der Waals surface area contributed by atoms with Crippen LogP contribution in [-0.2, 0) is 14.8 Å². The summed E-state index contributed by atoms with van der Waals surface area (Å²) < 4.78 is 29.0. The molecule has 0 atom stereocenters. The Hall–Kier alpha value is -2.49. The minimum atomic E-state index is -3.95. The maximum atomic E-state index is 13.2. The molecule has 0 fully saturated rings. The van der Waals surface area contributed by atoms with Gasteiger partial charge in [0.1, 0.15) is 6.54 Å². The highest BCUT2D eigenvalue weighted by atomic mass is 79.9. The van der Waals surface area contributed by atoms with Crippen LogP contribution in [0.25, 0.3) is 0 Å². The molecule has 3 aromatic carbocycles. The number of benzene rings is 3. The van der Waals surface area contributed by atoms with E-state index in [1.54, 1.807) is 42.5 Å². The summed E-state index contributed by atoms with van der Waals surface area (Å²) in [6, 6.07) is 22.0. The monoisotopic (exact) mass is 549 g/mol. The molecule has 30 heavy (non-hydrogen) atoms. The third kappa shape index (κ3) is 5.56. The van der Waals surface area contributed by atoms with Crippen LogP contribution in [0.15, 0.2) is 97.8 Å². The lowest BCUT2D eigenvalue weighted by Gasteiger charge is -2.23. The first-order valence-corrected chi connectivity index (χ1v) is 11.8. The van der Waals surface area contributed by atoms with Crippen molar-refractivity contribution in [3.8, 4) is 0 Å². The van der Waals surface area contributed by atoms with Crippen molar-refractivity contribution >= 4 is 59.7 Å². The summed E-state index contributed by atoms with van der Waals surface area (Å²) in [6.45, 7) is -0.424. The lowest BCUT2D eigenvalue weighted by Crippen LogP contribution is -2.39. The van der Waals surface area contributed by atoms with Gasteiger partial charge in [0, 0.05) is 14.5 Å². The third-order valence-corrected chi connectivity index (χ3v) is 7.07. The predicted molar refractivity (Wildman–Crippen MR) is 125 cm³/mol. The normalized spacial score (nSPS) is 11.4. The zero-order valence-corrected chi connectivity index (χ0v) is 19.6. The van der Waals surface area contributed by atoms with E-state index >= 15 is 0 Å². The lowest BCUT2D eigenvalue weighted by molar-refractivity contribution is -0.119. The van der Waals surface area contributed by atoms with Gasteiger partial charge in [-0.1, -0.05) is 68.3 Å². The Labute approximate surface area is 191 Å². The average molecular weight is 551 g/mol. The summed E-state index contributed by atoms with van der Waals surface area (Å²) in [5.41, 5.74) is 3.53. The van der Waals surface area contributed by atoms with Crippen LogP contribution >= 0.6 is 31.9 Å². The molecule has 9 heteroatoms. The molecule has 0 aliphatic rings. The molecule has 0 aliphatic heterocycles. The van der Waals surface area contributed by atoms with Crippen molar-refractivity contribution in [2.75, 3.05) is 10.8 Å². The zero-order chi connectivity index (χ0) is 21.6. The van der Waals surface area contributed by atoms with E-state index in [0.29, 0.717) is 5.69 Å². The molecule has 0 saturated heterocycles. The van der Waals surface area contributed by atoms with Crippen molar-refractivity contribution in [2.24, 2.45) is 5.10 Å². The second kappa shape index (κ2) is 10.0. The number of hydrogen-bond donors (Lipinski definition) is 1. The number of amides is 1. The van der Waals surface area contributed by atoms with Gasteiger partial charge in [-0.05, 0) is 42.5 Å². The van der Waals surface area contributed by atoms with E-state index in [1.165, 1.54) is 18.3 Å². The Kier molecular flexibility index (Phi) is 7.41. The molecule has 0 unspecified atom stereocenters. The van der Waals surface area contributed by atoms with Crippen LogP contribution in [0.4, 0.5) is 5.69 Å². The Morgan fingerprint density at radius 3 is 2.23 bits per heavy atom. The van der Waals surface area contributed by atoms with Crippen molar-refractivity contribution in [3.05, 3.63) is 93.4 Å². The minimum Gasteiger partial charge on any atom is -0.271 e. The fourth-order valence-corrected chi connectivity index (χ4v) is 4.66. The van der Waals surface area contributed by atoms with E-state index < -0.39 is 22.5 Å². The molecule has 3 rings (SSSR count). The van der Waals surface area contributed by atoms with E-state index in [-0.39, 0.29) is 4.90 Å². The summed E-state index contributed by atoms with van der Waals surface area (Å²) >= 11 is 6.73. The largest absolute Gasteiger partial charge is 0.271 e. The summed E-state index contributed by atoms with van der Waals surface area (Å²) in [5.74, 6) is -0.569. The number of nitrogens with one attached hydrogen (secondary N) is 1. The van der Waals surface area contributed by atoms with Crippen LogP contribution in [0.3, 0.4) is 0 Å². The van der Waals surface area contributed by atoms with Gasteiger partial charge in [-0.15, -0.1) is 0 Å². The van der Waals surface area contributed by atoms with Gasteiger partial charge in [-0.25, -0.2) is 13.8 Å². The smallest absolute Gasteiger partial charge is 0.264 e. The van der Waals surface area contributed by atoms with Crippen LogP contribution in [0.5, 0.6) is 0 Å². The predicted octanol–water partition coefficient (Wildman–Crippen LogP) is 4.56. The van der Waals surface area contributed by atoms with Gasteiger partial charge >= 0.3 is 0 Å². The Morgan fingerprint density at radius 2 is 1.57 bits per heavy atom. The van der Waals surface area contributed by atoms with E-state index in [4.69, 9.17) is 0 Å². The Bertz CT molecular complexity index is 1150. The maximum absolute atomic E-state index is 13.2. The van der Waals surface area contributed by atoms with E-state index in [2.05, 4.69) is 42.4 Å². The van der Waals surface area contributed by atoms with Gasteiger partial charge in [-0.3, -0.25) is 9.10 Å². The number of carbonyl (C=O) groups is 1. The van der Waals surface area contributed by atoms with Gasteiger partial charge < -0.3 is 0 Å². The molecule has 0 aliphatic carbocycles. The molecule has 0 heterocycles. The van der Waals surface area contributed by atoms with Crippen LogP contribution in [0, 0.1) is 0 Å². The van der Waals surface area contributed by atoms with Crippen LogP contribution in [-0.4, -0.2) is 27.1 Å². The highest BCUT2D eigenvalue weighted by Crippen LogP contribution is 2.25. The fraction of sp³-hybridized carbons (Fsp3) is 0.0476.